The molecular weight excluding hydrogens is 462 g/mol. The maximum absolute atomic E-state index is 12.6. The Morgan fingerprint density at radius 1 is 1.08 bits per heavy atom. The highest BCUT2D eigenvalue weighted by Gasteiger charge is 2.32. The molecule has 10 heteroatoms. The fourth-order valence-electron chi connectivity index (χ4n) is 4.61. The molecule has 2 aliphatic rings. The summed E-state index contributed by atoms with van der Waals surface area (Å²) in [4.78, 5) is 45.8. The maximum Gasteiger partial charge on any atom is 0.410 e. The smallest absolute Gasteiger partial charge is 0.410 e. The van der Waals surface area contributed by atoms with Crippen molar-refractivity contribution < 1.29 is 23.9 Å². The molecule has 2 atom stereocenters. The lowest BCUT2D eigenvalue weighted by molar-refractivity contribution is -0.120. The average molecular weight is 496 g/mol. The van der Waals surface area contributed by atoms with Crippen LogP contribution in [0.1, 0.15) is 32.3 Å². The minimum absolute atomic E-state index is 0.206. The van der Waals surface area contributed by atoms with Crippen LogP contribution >= 0.6 is 0 Å². The van der Waals surface area contributed by atoms with Crippen LogP contribution in [0.2, 0.25) is 0 Å². The summed E-state index contributed by atoms with van der Waals surface area (Å²) in [5.74, 6) is 0.219. The zero-order chi connectivity index (χ0) is 25.5. The number of urea groups is 1. The van der Waals surface area contributed by atoms with E-state index >= 15 is 0 Å². The number of imide groups is 1. The molecule has 10 nitrogen and oxygen atoms in total. The van der Waals surface area contributed by atoms with Crippen LogP contribution in [0.4, 0.5) is 15.3 Å². The van der Waals surface area contributed by atoms with Gasteiger partial charge in [0.15, 0.2) is 0 Å². The molecule has 0 bridgehead atoms. The third-order valence-electron chi connectivity index (χ3n) is 6.46. The van der Waals surface area contributed by atoms with E-state index in [2.05, 4.69) is 29.0 Å². The van der Waals surface area contributed by atoms with Gasteiger partial charge in [-0.25, -0.2) is 14.6 Å². The Kier molecular flexibility index (Phi) is 8.37. The van der Waals surface area contributed by atoms with Gasteiger partial charge in [0.1, 0.15) is 6.61 Å². The van der Waals surface area contributed by atoms with Crippen LogP contribution in [0.15, 0.2) is 48.7 Å². The van der Waals surface area contributed by atoms with Crippen molar-refractivity contribution in [1.29, 1.82) is 0 Å². The van der Waals surface area contributed by atoms with E-state index in [4.69, 9.17) is 9.47 Å². The molecule has 0 unspecified atom stereocenters. The van der Waals surface area contributed by atoms with Crippen LogP contribution in [0.25, 0.3) is 0 Å². The van der Waals surface area contributed by atoms with Crippen LogP contribution in [-0.2, 0) is 16.1 Å². The van der Waals surface area contributed by atoms with E-state index in [1.54, 1.807) is 23.2 Å². The summed E-state index contributed by atoms with van der Waals surface area (Å²) in [6, 6.07) is 13.2. The molecule has 0 radical (unpaired) electrons. The lowest BCUT2D eigenvalue weighted by Crippen LogP contribution is -2.58. The van der Waals surface area contributed by atoms with Crippen molar-refractivity contribution in [2.24, 2.45) is 0 Å². The number of rotatable bonds is 8. The highest BCUT2D eigenvalue weighted by atomic mass is 16.6. The number of nitrogens with zero attached hydrogens (tertiary/aromatic N) is 4. The predicted molar refractivity (Wildman–Crippen MR) is 134 cm³/mol. The largest absolute Gasteiger partial charge is 0.478 e. The van der Waals surface area contributed by atoms with Crippen molar-refractivity contribution in [1.82, 2.24) is 20.1 Å². The summed E-state index contributed by atoms with van der Waals surface area (Å²) in [5, 5.41) is 2.30. The van der Waals surface area contributed by atoms with Crippen LogP contribution in [0.5, 0.6) is 5.88 Å². The van der Waals surface area contributed by atoms with Gasteiger partial charge in [-0.15, -0.1) is 0 Å². The normalized spacial score (nSPS) is 20.7. The fraction of sp³-hybridized carbons (Fsp3) is 0.462. The number of piperazine rings is 1. The van der Waals surface area contributed by atoms with E-state index in [1.165, 1.54) is 4.90 Å². The summed E-state index contributed by atoms with van der Waals surface area (Å²) in [5.41, 5.74) is 1.60. The van der Waals surface area contributed by atoms with Crippen LogP contribution < -0.4 is 15.0 Å². The van der Waals surface area contributed by atoms with E-state index < -0.39 is 6.03 Å². The SMILES string of the molecule is C[C@@H]1CN(C(=O)OCc2ccccc2)C[C@H](C)N1CCCOc1ccc(N2CCC(=O)NC2=O)cn1. The number of anilines is 1. The zero-order valence-electron chi connectivity index (χ0n) is 20.8. The molecule has 2 aliphatic heterocycles. The summed E-state index contributed by atoms with van der Waals surface area (Å²) in [6.45, 7) is 7.45. The molecule has 1 N–H and O–H groups in total. The second-order valence-electron chi connectivity index (χ2n) is 9.19. The highest BCUT2D eigenvalue weighted by Crippen LogP contribution is 2.20. The molecule has 2 saturated heterocycles. The van der Waals surface area contributed by atoms with Crippen molar-refractivity contribution in [2.45, 2.75) is 45.4 Å². The molecule has 0 saturated carbocycles. The standard InChI is InChI=1S/C26H33N5O5/c1-19-16-29(26(34)36-18-21-7-4-3-5-8-21)17-20(2)30(19)12-6-14-35-24-10-9-22(15-27-24)31-13-11-23(32)28-25(31)33/h3-5,7-10,15,19-20H,6,11-14,16-18H2,1-2H3,(H,28,32,33)/t19-,20+. The molecule has 0 aliphatic carbocycles. The minimum Gasteiger partial charge on any atom is -0.478 e. The monoisotopic (exact) mass is 495 g/mol. The second kappa shape index (κ2) is 11.9. The van der Waals surface area contributed by atoms with E-state index in [-0.39, 0.29) is 37.1 Å². The first kappa shape index (κ1) is 25.4. The first-order chi connectivity index (χ1) is 17.4. The van der Waals surface area contributed by atoms with E-state index in [1.807, 2.05) is 30.3 Å². The van der Waals surface area contributed by atoms with Crippen molar-refractivity contribution in [3.63, 3.8) is 0 Å². The summed E-state index contributed by atoms with van der Waals surface area (Å²) in [6.07, 6.45) is 2.38. The lowest BCUT2D eigenvalue weighted by atomic mass is 10.1. The van der Waals surface area contributed by atoms with Crippen LogP contribution in [0, 0.1) is 0 Å². The molecule has 4 amide bonds. The molecule has 4 rings (SSSR count). The molecule has 0 spiro atoms. The van der Waals surface area contributed by atoms with Gasteiger partial charge in [-0.1, -0.05) is 30.3 Å². The van der Waals surface area contributed by atoms with Gasteiger partial charge in [-0.2, -0.15) is 0 Å². The van der Waals surface area contributed by atoms with E-state index in [9.17, 15) is 14.4 Å². The van der Waals surface area contributed by atoms with Gasteiger partial charge in [-0.3, -0.25) is 19.9 Å². The Labute approximate surface area is 211 Å². The van der Waals surface area contributed by atoms with Crippen molar-refractivity contribution in [3.8, 4) is 5.88 Å². The molecule has 1 aromatic heterocycles. The first-order valence-electron chi connectivity index (χ1n) is 12.3. The second-order valence-corrected chi connectivity index (χ2v) is 9.19. The van der Waals surface area contributed by atoms with Crippen molar-refractivity contribution >= 4 is 23.7 Å². The number of carbonyl (C=O) groups excluding carboxylic acids is 3. The summed E-state index contributed by atoms with van der Waals surface area (Å²) >= 11 is 0. The molecule has 2 aromatic rings. The Morgan fingerprint density at radius 2 is 1.83 bits per heavy atom. The van der Waals surface area contributed by atoms with E-state index in [0.717, 1.165) is 18.5 Å². The van der Waals surface area contributed by atoms with Crippen molar-refractivity contribution in [3.05, 3.63) is 54.2 Å². The number of amides is 4. The number of nitrogens with one attached hydrogen (secondary N) is 1. The fourth-order valence-corrected chi connectivity index (χ4v) is 4.61. The molecule has 2 fully saturated rings. The third kappa shape index (κ3) is 6.51. The molecule has 192 valence electrons. The number of aromatic nitrogens is 1. The first-order valence-corrected chi connectivity index (χ1v) is 12.3. The van der Waals surface area contributed by atoms with Gasteiger partial charge in [0, 0.05) is 50.7 Å². The molecule has 36 heavy (non-hydrogen) atoms. The van der Waals surface area contributed by atoms with Gasteiger partial charge in [0.2, 0.25) is 11.8 Å². The number of hydrogen-bond acceptors (Lipinski definition) is 7. The Morgan fingerprint density at radius 3 is 2.50 bits per heavy atom. The molecule has 1 aromatic carbocycles. The summed E-state index contributed by atoms with van der Waals surface area (Å²) in [7, 11) is 0. The number of hydrogen-bond donors (Lipinski definition) is 1. The molecular formula is C26H33N5O5. The lowest BCUT2D eigenvalue weighted by Gasteiger charge is -2.44. The summed E-state index contributed by atoms with van der Waals surface area (Å²) < 4.78 is 11.3. The van der Waals surface area contributed by atoms with Gasteiger partial charge in [0.05, 0.1) is 18.5 Å². The number of ether oxygens (including phenoxy) is 2. The Balaban J connectivity index is 1.18. The van der Waals surface area contributed by atoms with Gasteiger partial charge in [-0.05, 0) is 31.9 Å². The molecule has 3 heterocycles. The zero-order valence-corrected chi connectivity index (χ0v) is 20.8. The highest BCUT2D eigenvalue weighted by molar-refractivity contribution is 6.05. The predicted octanol–water partition coefficient (Wildman–Crippen LogP) is 3.03. The number of pyridine rings is 1. The average Bonchev–Trinajstić information content (AvgIpc) is 2.87. The topological polar surface area (TPSA) is 104 Å². The third-order valence-corrected chi connectivity index (χ3v) is 6.46. The maximum atomic E-state index is 12.6. The Hall–Kier alpha value is -3.66. The van der Waals surface area contributed by atoms with Crippen LogP contribution in [0.3, 0.4) is 0 Å². The Bertz CT molecular complexity index is 1040. The minimum atomic E-state index is -0.436. The number of benzene rings is 1. The van der Waals surface area contributed by atoms with Crippen molar-refractivity contribution in [2.75, 3.05) is 37.7 Å². The van der Waals surface area contributed by atoms with Crippen LogP contribution in [-0.4, -0.2) is 77.7 Å². The van der Waals surface area contributed by atoms with Gasteiger partial charge < -0.3 is 14.4 Å². The van der Waals surface area contributed by atoms with Gasteiger partial charge >= 0.3 is 12.1 Å². The number of carbonyl (C=O) groups is 3. The quantitative estimate of drug-likeness (QED) is 0.562. The van der Waals surface area contributed by atoms with Gasteiger partial charge in [0.25, 0.3) is 0 Å². The van der Waals surface area contributed by atoms with E-state index in [0.29, 0.717) is 37.8 Å².